The third kappa shape index (κ3) is 5.31. The predicted molar refractivity (Wildman–Crippen MR) is 136 cm³/mol. The number of amides is 1. The van der Waals surface area contributed by atoms with Gasteiger partial charge in [-0.25, -0.2) is 9.79 Å². The lowest BCUT2D eigenvalue weighted by atomic mass is 10.1. The Labute approximate surface area is 203 Å². The summed E-state index contributed by atoms with van der Waals surface area (Å²) in [5, 5.41) is 0.679. The van der Waals surface area contributed by atoms with E-state index in [0.717, 1.165) is 29.7 Å². The lowest BCUT2D eigenvalue weighted by Crippen LogP contribution is -2.30. The number of methoxy groups -OCH3 is 1. The van der Waals surface area contributed by atoms with Crippen LogP contribution in [0.3, 0.4) is 0 Å². The van der Waals surface area contributed by atoms with Gasteiger partial charge in [-0.05, 0) is 61.5 Å². The topological polar surface area (TPSA) is 72.1 Å². The van der Waals surface area contributed by atoms with Crippen LogP contribution in [0.15, 0.2) is 75.0 Å². The molecule has 1 amide bonds. The summed E-state index contributed by atoms with van der Waals surface area (Å²) in [4.78, 5) is 31.8. The predicted octanol–water partition coefficient (Wildman–Crippen LogP) is 6.45. The number of aliphatic imine (C=N–C) groups is 1. The number of esters is 1. The smallest absolute Gasteiger partial charge is 0.337 e. The highest BCUT2D eigenvalue weighted by Crippen LogP contribution is 2.35. The van der Waals surface area contributed by atoms with Crippen molar-refractivity contribution in [3.05, 3.63) is 82.5 Å². The summed E-state index contributed by atoms with van der Waals surface area (Å²) in [6.07, 6.45) is 3.65. The number of carbonyl (C=O) groups is 2. The molecule has 0 saturated carbocycles. The maximum atomic E-state index is 13.1. The maximum Gasteiger partial charge on any atom is 0.337 e. The van der Waals surface area contributed by atoms with Gasteiger partial charge in [-0.3, -0.25) is 9.69 Å². The molecule has 2 heterocycles. The van der Waals surface area contributed by atoms with E-state index in [1.807, 2.05) is 43.3 Å². The number of ether oxygens (including phenoxy) is 1. The van der Waals surface area contributed by atoms with Gasteiger partial charge >= 0.3 is 5.97 Å². The molecule has 6 nitrogen and oxygen atoms in total. The number of nitrogens with zero attached hydrogens (tertiary/aromatic N) is 2. The van der Waals surface area contributed by atoms with Crippen molar-refractivity contribution in [1.82, 2.24) is 4.90 Å². The second-order valence-electron chi connectivity index (χ2n) is 7.92. The summed E-state index contributed by atoms with van der Waals surface area (Å²) in [5.74, 6) is 0.777. The first kappa shape index (κ1) is 23.6. The quantitative estimate of drug-likeness (QED) is 0.291. The second kappa shape index (κ2) is 10.6. The molecule has 0 atom stereocenters. The van der Waals surface area contributed by atoms with Crippen molar-refractivity contribution in [2.24, 2.45) is 4.99 Å². The van der Waals surface area contributed by atoms with Crippen LogP contribution in [0, 0.1) is 6.92 Å². The molecule has 0 bridgehead atoms. The number of hydrogen-bond acceptors (Lipinski definition) is 6. The number of furan rings is 1. The van der Waals surface area contributed by atoms with Gasteiger partial charge in [0.05, 0.1) is 23.3 Å². The number of unbranched alkanes of at least 4 members (excludes halogenated alkanes) is 1. The zero-order valence-corrected chi connectivity index (χ0v) is 20.2. The minimum Gasteiger partial charge on any atom is -0.465 e. The van der Waals surface area contributed by atoms with Crippen LogP contribution >= 0.6 is 11.8 Å². The molecule has 0 spiro atoms. The summed E-state index contributed by atoms with van der Waals surface area (Å²) in [5.41, 5.74) is 3.28. The van der Waals surface area contributed by atoms with E-state index in [0.29, 0.717) is 33.7 Å². The minimum absolute atomic E-state index is 0.0651. The Morgan fingerprint density at radius 1 is 1.09 bits per heavy atom. The van der Waals surface area contributed by atoms with Gasteiger partial charge in [0.1, 0.15) is 11.5 Å². The molecule has 1 saturated heterocycles. The van der Waals surface area contributed by atoms with E-state index in [1.165, 1.54) is 18.9 Å². The summed E-state index contributed by atoms with van der Waals surface area (Å²) in [7, 11) is 1.35. The van der Waals surface area contributed by atoms with Crippen molar-refractivity contribution >= 4 is 40.6 Å². The van der Waals surface area contributed by atoms with Crippen molar-refractivity contribution in [1.29, 1.82) is 0 Å². The van der Waals surface area contributed by atoms with E-state index in [1.54, 1.807) is 35.2 Å². The van der Waals surface area contributed by atoms with Crippen LogP contribution in [-0.4, -0.2) is 35.6 Å². The van der Waals surface area contributed by atoms with Gasteiger partial charge in [-0.15, -0.1) is 0 Å². The number of amidine groups is 1. The number of hydrogen-bond donors (Lipinski definition) is 0. The zero-order chi connectivity index (χ0) is 24.1. The largest absolute Gasteiger partial charge is 0.465 e. The van der Waals surface area contributed by atoms with Crippen molar-refractivity contribution in [3.63, 3.8) is 0 Å². The monoisotopic (exact) mass is 474 g/mol. The van der Waals surface area contributed by atoms with Gasteiger partial charge in [0.15, 0.2) is 5.17 Å². The molecule has 4 rings (SSSR count). The first-order chi connectivity index (χ1) is 16.5. The average Bonchev–Trinajstić information content (AvgIpc) is 3.43. The molecule has 1 aromatic heterocycles. The molecule has 0 unspecified atom stereocenters. The Bertz CT molecular complexity index is 1240. The number of aryl methyl sites for hydroxylation is 1. The molecule has 1 aliphatic heterocycles. The highest BCUT2D eigenvalue weighted by atomic mass is 32.2. The van der Waals surface area contributed by atoms with Crippen molar-refractivity contribution in [2.45, 2.75) is 26.7 Å². The standard InChI is InChI=1S/C27H26N2O4S/c1-4-5-16-29-25(30)24(34-27(29)28-21-12-6-18(2)7-13-21)17-22-14-15-23(33-22)19-8-10-20(11-9-19)26(31)32-3/h6-15,17H,4-5,16H2,1-3H3/b24-17+,28-27?. The Morgan fingerprint density at radius 3 is 2.50 bits per heavy atom. The number of rotatable bonds is 7. The summed E-state index contributed by atoms with van der Waals surface area (Å²) < 4.78 is 10.7. The molecule has 0 aliphatic carbocycles. The van der Waals surface area contributed by atoms with Gasteiger partial charge in [0.2, 0.25) is 0 Å². The first-order valence-electron chi connectivity index (χ1n) is 11.1. The first-order valence-corrected chi connectivity index (χ1v) is 12.0. The molecule has 1 fully saturated rings. The normalized spacial score (nSPS) is 16.0. The van der Waals surface area contributed by atoms with E-state index in [9.17, 15) is 9.59 Å². The molecule has 0 N–H and O–H groups in total. The van der Waals surface area contributed by atoms with E-state index >= 15 is 0 Å². The lowest BCUT2D eigenvalue weighted by molar-refractivity contribution is -0.122. The maximum absolute atomic E-state index is 13.1. The van der Waals surface area contributed by atoms with Crippen molar-refractivity contribution in [2.75, 3.05) is 13.7 Å². The zero-order valence-electron chi connectivity index (χ0n) is 19.4. The minimum atomic E-state index is -0.385. The summed E-state index contributed by atoms with van der Waals surface area (Å²) in [6.45, 7) is 4.76. The molecule has 2 aromatic carbocycles. The number of thioether (sulfide) groups is 1. The van der Waals surface area contributed by atoms with E-state index in [4.69, 9.17) is 14.1 Å². The fourth-order valence-corrected chi connectivity index (χ4v) is 4.44. The third-order valence-corrected chi connectivity index (χ3v) is 6.38. The molecule has 174 valence electrons. The van der Waals surface area contributed by atoms with Gasteiger partial charge in [0, 0.05) is 18.2 Å². The highest BCUT2D eigenvalue weighted by Gasteiger charge is 2.33. The van der Waals surface area contributed by atoms with Gasteiger partial charge in [0.25, 0.3) is 5.91 Å². The molecule has 3 aromatic rings. The summed E-state index contributed by atoms with van der Waals surface area (Å²) >= 11 is 1.36. The van der Waals surface area contributed by atoms with Crippen LogP contribution < -0.4 is 0 Å². The number of benzene rings is 2. The van der Waals surface area contributed by atoms with E-state index in [2.05, 4.69) is 6.92 Å². The molecule has 7 heteroatoms. The van der Waals surface area contributed by atoms with Crippen molar-refractivity contribution in [3.8, 4) is 11.3 Å². The fraction of sp³-hybridized carbons (Fsp3) is 0.222. The molecular formula is C27H26N2O4S. The van der Waals surface area contributed by atoms with Crippen LogP contribution in [0.2, 0.25) is 0 Å². The Morgan fingerprint density at radius 2 is 1.82 bits per heavy atom. The van der Waals surface area contributed by atoms with Gasteiger partial charge in [-0.1, -0.05) is 43.2 Å². The van der Waals surface area contributed by atoms with Gasteiger partial charge in [-0.2, -0.15) is 0 Å². The summed E-state index contributed by atoms with van der Waals surface area (Å²) in [6, 6.07) is 18.6. The lowest BCUT2D eigenvalue weighted by Gasteiger charge is -2.14. The Balaban J connectivity index is 1.57. The highest BCUT2D eigenvalue weighted by molar-refractivity contribution is 8.18. The van der Waals surface area contributed by atoms with Crippen LogP contribution in [0.25, 0.3) is 17.4 Å². The SMILES string of the molecule is CCCCN1C(=O)/C(=C\c2ccc(-c3ccc(C(=O)OC)cc3)o2)SC1=Nc1ccc(C)cc1. The second-order valence-corrected chi connectivity index (χ2v) is 8.93. The van der Waals surface area contributed by atoms with Gasteiger partial charge < -0.3 is 9.15 Å². The Kier molecular flexibility index (Phi) is 7.33. The Hall–Kier alpha value is -3.58. The van der Waals surface area contributed by atoms with Crippen LogP contribution in [0.5, 0.6) is 0 Å². The van der Waals surface area contributed by atoms with E-state index < -0.39 is 0 Å². The number of carbonyl (C=O) groups excluding carboxylic acids is 2. The fourth-order valence-electron chi connectivity index (χ4n) is 3.44. The van der Waals surface area contributed by atoms with E-state index in [-0.39, 0.29) is 11.9 Å². The van der Waals surface area contributed by atoms with Crippen LogP contribution in [0.1, 0.15) is 41.4 Å². The van der Waals surface area contributed by atoms with Crippen LogP contribution in [0.4, 0.5) is 5.69 Å². The molecule has 34 heavy (non-hydrogen) atoms. The molecular weight excluding hydrogens is 448 g/mol. The van der Waals surface area contributed by atoms with Crippen LogP contribution in [-0.2, 0) is 9.53 Å². The molecule has 0 radical (unpaired) electrons. The van der Waals surface area contributed by atoms with Crippen molar-refractivity contribution < 1.29 is 18.7 Å². The molecule has 1 aliphatic rings. The average molecular weight is 475 g/mol. The third-order valence-electron chi connectivity index (χ3n) is 5.37.